The van der Waals surface area contributed by atoms with Crippen molar-refractivity contribution >= 4 is 22.6 Å². The van der Waals surface area contributed by atoms with Crippen molar-refractivity contribution in [2.24, 2.45) is 0 Å². The van der Waals surface area contributed by atoms with Gasteiger partial charge < -0.3 is 24.1 Å². The molecule has 2 N–H and O–H groups in total. The summed E-state index contributed by atoms with van der Waals surface area (Å²) in [6.07, 6.45) is 4.06. The second kappa shape index (κ2) is 9.78. The number of aliphatic hydroxyl groups is 1. The van der Waals surface area contributed by atoms with Crippen molar-refractivity contribution in [2.45, 2.75) is 19.6 Å². The minimum atomic E-state index is -0.901. The maximum atomic E-state index is 12.8. The summed E-state index contributed by atoms with van der Waals surface area (Å²) in [6.45, 7) is 1.80. The fourth-order valence-corrected chi connectivity index (χ4v) is 4.26. The number of fused-ring (bicyclic) bond motifs is 1. The molecule has 0 aliphatic carbocycles. The van der Waals surface area contributed by atoms with Gasteiger partial charge in [-0.3, -0.25) is 4.79 Å². The fraction of sp³-hybridized carbons (Fsp3) is 0.143. The van der Waals surface area contributed by atoms with Gasteiger partial charge in [-0.05, 0) is 36.8 Å². The van der Waals surface area contributed by atoms with E-state index in [1.165, 1.54) is 6.07 Å². The van der Waals surface area contributed by atoms with Crippen molar-refractivity contribution in [2.75, 3.05) is 7.11 Å². The summed E-state index contributed by atoms with van der Waals surface area (Å²) in [4.78, 5) is 20.2. The number of benzene rings is 1. The van der Waals surface area contributed by atoms with Crippen LogP contribution in [0.4, 0.5) is 0 Å². The maximum absolute atomic E-state index is 12.8. The van der Waals surface area contributed by atoms with E-state index in [4.69, 9.17) is 21.1 Å². The molecule has 8 heteroatoms. The van der Waals surface area contributed by atoms with Gasteiger partial charge in [0.15, 0.2) is 5.75 Å². The first-order valence-corrected chi connectivity index (χ1v) is 11.6. The van der Waals surface area contributed by atoms with E-state index in [2.05, 4.69) is 22.1 Å². The second-order valence-electron chi connectivity index (χ2n) is 8.23. The highest BCUT2D eigenvalue weighted by Gasteiger charge is 2.16. The van der Waals surface area contributed by atoms with E-state index >= 15 is 0 Å². The van der Waals surface area contributed by atoms with Crippen LogP contribution in [-0.4, -0.2) is 26.8 Å². The van der Waals surface area contributed by atoms with Crippen LogP contribution in [0.15, 0.2) is 71.9 Å². The van der Waals surface area contributed by atoms with Gasteiger partial charge in [0.05, 0.1) is 35.8 Å². The minimum absolute atomic E-state index is 0.152. The molecule has 0 saturated carbocycles. The Labute approximate surface area is 212 Å². The number of hydrogen-bond acceptors (Lipinski definition) is 5. The molecule has 0 saturated heterocycles. The average molecular weight is 500 g/mol. The van der Waals surface area contributed by atoms with Gasteiger partial charge in [-0.15, -0.1) is 0 Å². The lowest BCUT2D eigenvalue weighted by Crippen LogP contribution is -2.16. The number of nitrogens with zero attached hydrogens (tertiary/aromatic N) is 2. The first kappa shape index (κ1) is 23.5. The predicted octanol–water partition coefficient (Wildman–Crippen LogP) is 5.28. The van der Waals surface area contributed by atoms with Crippen molar-refractivity contribution < 1.29 is 14.6 Å². The first-order valence-electron chi connectivity index (χ1n) is 11.2. The van der Waals surface area contributed by atoms with E-state index in [1.54, 1.807) is 43.3 Å². The number of halogens is 1. The van der Waals surface area contributed by atoms with Crippen molar-refractivity contribution in [3.8, 4) is 28.3 Å². The van der Waals surface area contributed by atoms with Crippen LogP contribution >= 0.6 is 11.6 Å². The Balaban J connectivity index is 1.55. The van der Waals surface area contributed by atoms with Gasteiger partial charge in [-0.25, -0.2) is 4.98 Å². The van der Waals surface area contributed by atoms with Gasteiger partial charge >= 0.3 is 0 Å². The number of aromatic amines is 1. The molecule has 0 amide bonds. The summed E-state index contributed by atoms with van der Waals surface area (Å²) in [5.41, 5.74) is 3.79. The molecule has 0 radical (unpaired) electrons. The van der Waals surface area contributed by atoms with Crippen molar-refractivity contribution in [3.05, 3.63) is 106 Å². The number of nitrogens with one attached hydrogen (secondary N) is 1. The molecule has 36 heavy (non-hydrogen) atoms. The number of methoxy groups -OCH3 is 1. The number of hydrogen-bond donors (Lipinski definition) is 2. The molecule has 0 aliphatic rings. The molecule has 0 fully saturated rings. The third-order valence-corrected chi connectivity index (χ3v) is 6.12. The maximum Gasteiger partial charge on any atom is 0.223 e. The van der Waals surface area contributed by atoms with Gasteiger partial charge in [-0.1, -0.05) is 35.9 Å². The lowest BCUT2D eigenvalue weighted by molar-refractivity contribution is 0.191. The zero-order chi connectivity index (χ0) is 25.2. The van der Waals surface area contributed by atoms with Gasteiger partial charge in [0, 0.05) is 41.0 Å². The zero-order valence-corrected chi connectivity index (χ0v) is 20.3. The first-order chi connectivity index (χ1) is 17.4. The molecule has 5 rings (SSSR count). The monoisotopic (exact) mass is 499 g/mol. The molecule has 1 unspecified atom stereocenters. The lowest BCUT2D eigenvalue weighted by Gasteiger charge is -2.18. The number of aromatic nitrogens is 3. The van der Waals surface area contributed by atoms with Crippen molar-refractivity contribution in [1.29, 1.82) is 0 Å². The van der Waals surface area contributed by atoms with Gasteiger partial charge in [0.25, 0.3) is 0 Å². The molecular weight excluding hydrogens is 478 g/mol. The van der Waals surface area contributed by atoms with Crippen LogP contribution in [0.1, 0.15) is 24.3 Å². The molecule has 2 aromatic carbocycles. The molecule has 0 aliphatic heterocycles. The van der Waals surface area contributed by atoms with E-state index < -0.39 is 6.10 Å². The molecule has 3 heterocycles. The fourth-order valence-electron chi connectivity index (χ4n) is 4.01. The van der Waals surface area contributed by atoms with Crippen molar-refractivity contribution in [3.63, 3.8) is 0 Å². The topological polar surface area (TPSA) is 89.4 Å². The quantitative estimate of drug-likeness (QED) is 0.318. The average Bonchev–Trinajstić information content (AvgIpc) is 3.37. The van der Waals surface area contributed by atoms with Crippen LogP contribution < -0.4 is 14.9 Å². The largest absolute Gasteiger partial charge is 0.497 e. The predicted molar refractivity (Wildman–Crippen MR) is 138 cm³/mol. The van der Waals surface area contributed by atoms with Crippen LogP contribution in [0.25, 0.3) is 27.8 Å². The summed E-state index contributed by atoms with van der Waals surface area (Å²) >= 11 is 6.51. The summed E-state index contributed by atoms with van der Waals surface area (Å²) in [7, 11) is 1.60. The van der Waals surface area contributed by atoms with Crippen LogP contribution in [0.3, 0.4) is 0 Å². The number of pyridine rings is 2. The summed E-state index contributed by atoms with van der Waals surface area (Å²) in [5, 5.41) is 11.7. The standard InChI is InChI=1S/C28H22ClN3O4/c1-17(33)24-13-25(34)26(36-16-18-6-8-21(35-2)9-7-18)15-32(24)20-5-3-4-19(12-20)27-22-10-11-30-28(22)31-14-23(27)29/h5-15,17,33H,16H2,1-2H3,(H,30,31). The van der Waals surface area contributed by atoms with E-state index in [0.717, 1.165) is 22.3 Å². The highest BCUT2D eigenvalue weighted by Crippen LogP contribution is 2.34. The van der Waals surface area contributed by atoms with E-state index in [0.29, 0.717) is 27.6 Å². The van der Waals surface area contributed by atoms with Crippen LogP contribution in [0, 0.1) is 12.1 Å². The number of H-pyrrole nitrogens is 1. The number of aliphatic hydroxyl groups excluding tert-OH is 1. The zero-order valence-electron chi connectivity index (χ0n) is 19.6. The van der Waals surface area contributed by atoms with E-state index in [9.17, 15) is 9.90 Å². The van der Waals surface area contributed by atoms with Crippen LogP contribution in [-0.2, 0) is 6.61 Å². The van der Waals surface area contributed by atoms with Gasteiger partial charge in [0.2, 0.25) is 5.43 Å². The third-order valence-electron chi connectivity index (χ3n) is 5.83. The second-order valence-corrected chi connectivity index (χ2v) is 8.63. The molecule has 0 spiro atoms. The molecule has 180 valence electrons. The van der Waals surface area contributed by atoms with Gasteiger partial charge in [-0.2, -0.15) is 0 Å². The molecule has 7 nitrogen and oxygen atoms in total. The Morgan fingerprint density at radius 2 is 2.03 bits per heavy atom. The molecular formula is C28H22ClN3O4. The molecule has 3 aromatic heterocycles. The Morgan fingerprint density at radius 1 is 1.22 bits per heavy atom. The summed E-state index contributed by atoms with van der Waals surface area (Å²) in [5.74, 6) is 0.890. The lowest BCUT2D eigenvalue weighted by atomic mass is 10.0. The molecule has 0 bridgehead atoms. The number of rotatable bonds is 7. The van der Waals surface area contributed by atoms with Crippen LogP contribution in [0.5, 0.6) is 11.5 Å². The Morgan fingerprint density at radius 3 is 2.78 bits per heavy atom. The highest BCUT2D eigenvalue weighted by atomic mass is 35.5. The van der Waals surface area contributed by atoms with Gasteiger partial charge in [0.1, 0.15) is 18.0 Å². The molecule has 1 atom stereocenters. The third kappa shape index (κ3) is 4.52. The SMILES string of the molecule is COc1ccc(COc2cn(-c3cc#cc(-c4c(Cl)cnc5[nH]ccc45)c3)c(C(C)O)cc2=O)cc1. The van der Waals surface area contributed by atoms with E-state index in [-0.39, 0.29) is 17.8 Å². The molecule has 5 aromatic rings. The summed E-state index contributed by atoms with van der Waals surface area (Å²) < 4.78 is 12.8. The normalized spacial score (nSPS) is 11.8. The Hall–Kier alpha value is -4.25. The van der Waals surface area contributed by atoms with E-state index in [1.807, 2.05) is 36.4 Å². The Kier molecular flexibility index (Phi) is 6.38. The smallest absolute Gasteiger partial charge is 0.223 e. The highest BCUT2D eigenvalue weighted by molar-refractivity contribution is 6.34. The summed E-state index contributed by atoms with van der Waals surface area (Å²) in [6, 6.07) is 20.4. The Bertz CT molecular complexity index is 1590. The van der Waals surface area contributed by atoms with Crippen molar-refractivity contribution in [1.82, 2.24) is 14.5 Å². The van der Waals surface area contributed by atoms with Crippen LogP contribution in [0.2, 0.25) is 5.02 Å². The number of ether oxygens (including phenoxy) is 2. The minimum Gasteiger partial charge on any atom is -0.497 e.